The molecule has 0 atom stereocenters. The van der Waals surface area contributed by atoms with Gasteiger partial charge in [-0.25, -0.2) is 19.0 Å². The zero-order valence-electron chi connectivity index (χ0n) is 20.1. The van der Waals surface area contributed by atoms with Crippen molar-refractivity contribution in [2.45, 2.75) is 26.2 Å². The maximum Gasteiger partial charge on any atom is 0.324 e. The fourth-order valence-corrected chi connectivity index (χ4v) is 4.46. The maximum atomic E-state index is 13.5. The standard InChI is InChI=1S/C26H21FN6O3S/c1-26(2,3)16-6-10-18(11-7-16)32-24-19(14-28-32)23(29-22(30-24)15-4-8-17(27)9-5-15)31-25(34)20-12-13-21(37-20)33(35)36/h4-14H,1-3H3,(H,29,30,31,34). The molecular formula is C26H21FN6O3S. The molecule has 0 aliphatic rings. The number of rotatable bonds is 5. The van der Waals surface area contributed by atoms with E-state index in [0.717, 1.165) is 22.6 Å². The van der Waals surface area contributed by atoms with Crippen LogP contribution in [0.5, 0.6) is 0 Å². The highest BCUT2D eigenvalue weighted by Gasteiger charge is 2.21. The molecule has 11 heteroatoms. The maximum absolute atomic E-state index is 13.5. The molecule has 9 nitrogen and oxygen atoms in total. The van der Waals surface area contributed by atoms with E-state index < -0.39 is 16.6 Å². The van der Waals surface area contributed by atoms with Gasteiger partial charge < -0.3 is 5.32 Å². The lowest BCUT2D eigenvalue weighted by Gasteiger charge is -2.19. The Kier molecular flexibility index (Phi) is 6.00. The summed E-state index contributed by atoms with van der Waals surface area (Å²) < 4.78 is 15.2. The van der Waals surface area contributed by atoms with Crippen LogP contribution in [0.2, 0.25) is 0 Å². The molecule has 0 spiro atoms. The average molecular weight is 517 g/mol. The molecule has 0 aliphatic carbocycles. The van der Waals surface area contributed by atoms with Crippen molar-refractivity contribution in [2.24, 2.45) is 0 Å². The summed E-state index contributed by atoms with van der Waals surface area (Å²) in [6.07, 6.45) is 1.55. The average Bonchev–Trinajstić information content (AvgIpc) is 3.52. The van der Waals surface area contributed by atoms with Crippen LogP contribution in [0.15, 0.2) is 66.9 Å². The second-order valence-corrected chi connectivity index (χ2v) is 10.4. The lowest BCUT2D eigenvalue weighted by molar-refractivity contribution is -0.380. The van der Waals surface area contributed by atoms with E-state index in [-0.39, 0.29) is 26.9 Å². The van der Waals surface area contributed by atoms with Crippen molar-refractivity contribution in [3.63, 3.8) is 0 Å². The minimum absolute atomic E-state index is 0.0169. The Bertz CT molecular complexity index is 1640. The van der Waals surface area contributed by atoms with E-state index in [1.807, 2.05) is 24.3 Å². The van der Waals surface area contributed by atoms with Gasteiger partial charge in [0, 0.05) is 11.6 Å². The molecule has 5 aromatic rings. The molecule has 1 amide bonds. The lowest BCUT2D eigenvalue weighted by Crippen LogP contribution is -2.13. The number of anilines is 1. The summed E-state index contributed by atoms with van der Waals surface area (Å²) in [4.78, 5) is 32.8. The molecule has 3 aromatic heterocycles. The van der Waals surface area contributed by atoms with Crippen LogP contribution in [-0.2, 0) is 5.41 Å². The van der Waals surface area contributed by atoms with E-state index in [2.05, 4.69) is 41.2 Å². The number of nitrogens with zero attached hydrogens (tertiary/aromatic N) is 5. The zero-order valence-corrected chi connectivity index (χ0v) is 20.9. The van der Waals surface area contributed by atoms with Crippen LogP contribution < -0.4 is 5.32 Å². The number of nitrogens with one attached hydrogen (secondary N) is 1. The van der Waals surface area contributed by atoms with Crippen molar-refractivity contribution in [3.05, 3.63) is 93.2 Å². The topological polar surface area (TPSA) is 116 Å². The van der Waals surface area contributed by atoms with Gasteiger partial charge in [0.2, 0.25) is 0 Å². The van der Waals surface area contributed by atoms with Crippen LogP contribution in [0.25, 0.3) is 28.1 Å². The molecule has 186 valence electrons. The number of fused-ring (bicyclic) bond motifs is 1. The molecule has 37 heavy (non-hydrogen) atoms. The van der Waals surface area contributed by atoms with Gasteiger partial charge in [-0.15, -0.1) is 0 Å². The summed E-state index contributed by atoms with van der Waals surface area (Å²) in [5.74, 6) is -0.511. The number of hydrogen-bond donors (Lipinski definition) is 1. The zero-order chi connectivity index (χ0) is 26.3. The van der Waals surface area contributed by atoms with Crippen molar-refractivity contribution in [1.29, 1.82) is 0 Å². The minimum Gasteiger partial charge on any atom is -0.305 e. The first kappa shape index (κ1) is 24.2. The van der Waals surface area contributed by atoms with Crippen molar-refractivity contribution in [3.8, 4) is 17.1 Å². The molecule has 0 saturated heterocycles. The first-order chi connectivity index (χ1) is 17.6. The van der Waals surface area contributed by atoms with Gasteiger partial charge in [0.05, 0.1) is 27.1 Å². The van der Waals surface area contributed by atoms with Crippen LogP contribution in [0.1, 0.15) is 36.0 Å². The number of nitro groups is 1. The summed E-state index contributed by atoms with van der Waals surface area (Å²) in [7, 11) is 0. The smallest absolute Gasteiger partial charge is 0.305 e. The molecule has 0 aliphatic heterocycles. The Labute approximate surface area is 214 Å². The summed E-state index contributed by atoms with van der Waals surface area (Å²) in [5.41, 5.74) is 2.88. The van der Waals surface area contributed by atoms with Crippen LogP contribution in [0.4, 0.5) is 15.2 Å². The van der Waals surface area contributed by atoms with Crippen LogP contribution in [-0.4, -0.2) is 30.6 Å². The highest BCUT2D eigenvalue weighted by atomic mass is 32.1. The number of amides is 1. The van der Waals surface area contributed by atoms with Crippen molar-refractivity contribution < 1.29 is 14.1 Å². The Morgan fingerprint density at radius 2 is 1.73 bits per heavy atom. The van der Waals surface area contributed by atoms with E-state index in [1.165, 1.54) is 24.3 Å². The first-order valence-electron chi connectivity index (χ1n) is 11.3. The number of carbonyl (C=O) groups is 1. The predicted molar refractivity (Wildman–Crippen MR) is 140 cm³/mol. The molecule has 2 aromatic carbocycles. The monoisotopic (exact) mass is 516 g/mol. The Balaban J connectivity index is 1.61. The quantitative estimate of drug-likeness (QED) is 0.222. The van der Waals surface area contributed by atoms with Crippen LogP contribution in [0, 0.1) is 15.9 Å². The number of carbonyl (C=O) groups excluding carboxylic acids is 1. The van der Waals surface area contributed by atoms with Crippen LogP contribution >= 0.6 is 11.3 Å². The van der Waals surface area contributed by atoms with Crippen molar-refractivity contribution in [2.75, 3.05) is 5.32 Å². The fraction of sp³-hybridized carbons (Fsp3) is 0.154. The number of aromatic nitrogens is 4. The van der Waals surface area contributed by atoms with Gasteiger partial charge >= 0.3 is 5.00 Å². The van der Waals surface area contributed by atoms with Gasteiger partial charge in [0.25, 0.3) is 5.91 Å². The van der Waals surface area contributed by atoms with E-state index in [9.17, 15) is 19.3 Å². The molecule has 0 unspecified atom stereocenters. The van der Waals surface area contributed by atoms with E-state index >= 15 is 0 Å². The number of hydrogen-bond acceptors (Lipinski definition) is 7. The number of halogens is 1. The molecule has 5 rings (SSSR count). The molecule has 0 fully saturated rings. The van der Waals surface area contributed by atoms with Crippen molar-refractivity contribution in [1.82, 2.24) is 19.7 Å². The molecular weight excluding hydrogens is 495 g/mol. The van der Waals surface area contributed by atoms with Gasteiger partial charge in [-0.1, -0.05) is 44.2 Å². The third kappa shape index (κ3) is 4.81. The van der Waals surface area contributed by atoms with Gasteiger partial charge in [0.1, 0.15) is 11.6 Å². The third-order valence-corrected chi connectivity index (χ3v) is 6.77. The minimum atomic E-state index is -0.551. The molecule has 0 saturated carbocycles. The lowest BCUT2D eigenvalue weighted by atomic mass is 9.87. The van der Waals surface area contributed by atoms with Gasteiger partial charge in [0.15, 0.2) is 11.5 Å². The second kappa shape index (κ2) is 9.17. The fourth-order valence-electron chi connectivity index (χ4n) is 3.74. The highest BCUT2D eigenvalue weighted by molar-refractivity contribution is 7.17. The molecule has 0 radical (unpaired) electrons. The van der Waals surface area contributed by atoms with Gasteiger partial charge in [-0.3, -0.25) is 14.9 Å². The predicted octanol–water partition coefficient (Wildman–Crippen LogP) is 6.14. The summed E-state index contributed by atoms with van der Waals surface area (Å²) in [6, 6.07) is 16.3. The van der Waals surface area contributed by atoms with E-state index in [1.54, 1.807) is 23.0 Å². The second-order valence-electron chi connectivity index (χ2n) is 9.34. The summed E-state index contributed by atoms with van der Waals surface area (Å²) >= 11 is 0.764. The Morgan fingerprint density at radius 1 is 1.03 bits per heavy atom. The van der Waals surface area contributed by atoms with E-state index in [0.29, 0.717) is 16.6 Å². The number of benzene rings is 2. The number of thiophene rings is 1. The van der Waals surface area contributed by atoms with Crippen LogP contribution in [0.3, 0.4) is 0 Å². The SMILES string of the molecule is CC(C)(C)c1ccc(-n2ncc3c(NC(=O)c4ccc([N+](=O)[O-])s4)nc(-c4ccc(F)cc4)nc32)cc1. The van der Waals surface area contributed by atoms with Gasteiger partial charge in [-0.05, 0) is 53.4 Å². The van der Waals surface area contributed by atoms with Gasteiger partial charge in [-0.2, -0.15) is 5.10 Å². The third-order valence-electron chi connectivity index (χ3n) is 5.74. The first-order valence-corrected chi connectivity index (χ1v) is 12.1. The molecule has 1 N–H and O–H groups in total. The largest absolute Gasteiger partial charge is 0.324 e. The normalized spacial score (nSPS) is 11.6. The van der Waals surface area contributed by atoms with E-state index in [4.69, 9.17) is 0 Å². The molecule has 3 heterocycles. The Morgan fingerprint density at radius 3 is 2.35 bits per heavy atom. The Hall–Kier alpha value is -4.51. The highest BCUT2D eigenvalue weighted by Crippen LogP contribution is 2.30. The molecule has 0 bridgehead atoms. The summed E-state index contributed by atoms with van der Waals surface area (Å²) in [5, 5.41) is 18.6. The summed E-state index contributed by atoms with van der Waals surface area (Å²) in [6.45, 7) is 6.39. The van der Waals surface area contributed by atoms with Crippen molar-refractivity contribution >= 4 is 39.1 Å².